The molecule has 5 nitrogen and oxygen atoms in total. The molecule has 1 heterocycles. The van der Waals surface area contributed by atoms with Crippen LogP contribution in [0.5, 0.6) is 5.75 Å². The molecule has 0 aliphatic carbocycles. The molecule has 0 bridgehead atoms. The van der Waals surface area contributed by atoms with Gasteiger partial charge in [-0.2, -0.15) is 0 Å². The number of rotatable bonds is 7. The largest absolute Gasteiger partial charge is 0.494 e. The highest BCUT2D eigenvalue weighted by Gasteiger charge is 2.19. The molecule has 122 valence electrons. The van der Waals surface area contributed by atoms with Crippen LogP contribution in [0.3, 0.4) is 0 Å². The summed E-state index contributed by atoms with van der Waals surface area (Å²) in [7, 11) is 0. The van der Waals surface area contributed by atoms with E-state index in [0.29, 0.717) is 19.1 Å². The minimum absolute atomic E-state index is 0.0774. The van der Waals surface area contributed by atoms with Gasteiger partial charge in [-0.1, -0.05) is 19.1 Å². The molecule has 2 N–H and O–H groups in total. The average Bonchev–Trinajstić information content (AvgIpc) is 2.53. The molecule has 2 rings (SSSR count). The Labute approximate surface area is 133 Å². The normalized spacial score (nSPS) is 18.9. The van der Waals surface area contributed by atoms with Crippen molar-refractivity contribution in [3.63, 3.8) is 0 Å². The Balaban J connectivity index is 1.78. The molecule has 1 fully saturated rings. The fraction of sp³-hybridized carbons (Fsp3) is 0.588. The van der Waals surface area contributed by atoms with Gasteiger partial charge in [0.15, 0.2) is 0 Å². The first-order valence-corrected chi connectivity index (χ1v) is 8.12. The lowest BCUT2D eigenvalue weighted by atomic mass is 10.2. The van der Waals surface area contributed by atoms with Crippen molar-refractivity contribution in [3.05, 3.63) is 29.8 Å². The fourth-order valence-electron chi connectivity index (χ4n) is 2.52. The second kappa shape index (κ2) is 8.76. The number of benzene rings is 1. The number of ether oxygens (including phenoxy) is 1. The number of piperazine rings is 1. The molecule has 1 aromatic rings. The van der Waals surface area contributed by atoms with Gasteiger partial charge in [-0.15, -0.1) is 0 Å². The van der Waals surface area contributed by atoms with Gasteiger partial charge in [0.2, 0.25) is 5.91 Å². The Hall–Kier alpha value is -1.59. The highest BCUT2D eigenvalue weighted by molar-refractivity contribution is 5.78. The SMILES string of the molecule is CCCOc1cccc(CNC(=O)CN2CCNC[C@@H]2C)c1. The molecule has 1 amide bonds. The smallest absolute Gasteiger partial charge is 0.234 e. The Morgan fingerprint density at radius 3 is 3.14 bits per heavy atom. The zero-order valence-electron chi connectivity index (χ0n) is 13.6. The predicted octanol–water partition coefficient (Wildman–Crippen LogP) is 1.39. The molecule has 1 aliphatic heterocycles. The third-order valence-electron chi connectivity index (χ3n) is 3.85. The van der Waals surface area contributed by atoms with Crippen LogP contribution >= 0.6 is 0 Å². The van der Waals surface area contributed by atoms with E-state index in [0.717, 1.165) is 44.0 Å². The molecule has 22 heavy (non-hydrogen) atoms. The number of amides is 1. The Bertz CT molecular complexity index is 479. The molecule has 1 atom stereocenters. The lowest BCUT2D eigenvalue weighted by Crippen LogP contribution is -2.52. The molecule has 5 heteroatoms. The summed E-state index contributed by atoms with van der Waals surface area (Å²) >= 11 is 0. The lowest BCUT2D eigenvalue weighted by Gasteiger charge is -2.33. The molecule has 0 aromatic heterocycles. The van der Waals surface area contributed by atoms with E-state index in [1.165, 1.54) is 0 Å². The van der Waals surface area contributed by atoms with Crippen molar-refractivity contribution in [3.8, 4) is 5.75 Å². The van der Waals surface area contributed by atoms with Crippen LogP contribution in [0.2, 0.25) is 0 Å². The molecule has 0 radical (unpaired) electrons. The zero-order valence-corrected chi connectivity index (χ0v) is 13.6. The van der Waals surface area contributed by atoms with E-state index in [1.54, 1.807) is 0 Å². The molecular weight excluding hydrogens is 278 g/mol. The summed E-state index contributed by atoms with van der Waals surface area (Å²) in [6.07, 6.45) is 0.990. The molecular formula is C17H27N3O2. The van der Waals surface area contributed by atoms with E-state index in [2.05, 4.69) is 29.4 Å². The minimum atomic E-state index is 0.0774. The molecule has 0 unspecified atom stereocenters. The predicted molar refractivity (Wildman–Crippen MR) is 88.0 cm³/mol. The van der Waals surface area contributed by atoms with Crippen LogP contribution in [0, 0.1) is 0 Å². The second-order valence-electron chi connectivity index (χ2n) is 5.80. The van der Waals surface area contributed by atoms with E-state index in [1.807, 2.05) is 24.3 Å². The maximum Gasteiger partial charge on any atom is 0.234 e. The van der Waals surface area contributed by atoms with E-state index < -0.39 is 0 Å². The van der Waals surface area contributed by atoms with Crippen molar-refractivity contribution in [2.24, 2.45) is 0 Å². The van der Waals surface area contributed by atoms with Gasteiger partial charge in [-0.3, -0.25) is 9.69 Å². The van der Waals surface area contributed by atoms with Gasteiger partial charge in [0.1, 0.15) is 5.75 Å². The number of carbonyl (C=O) groups excluding carboxylic acids is 1. The van der Waals surface area contributed by atoms with E-state index in [9.17, 15) is 4.79 Å². The number of carbonyl (C=O) groups is 1. The highest BCUT2D eigenvalue weighted by atomic mass is 16.5. The van der Waals surface area contributed by atoms with Crippen molar-refractivity contribution in [1.29, 1.82) is 0 Å². The van der Waals surface area contributed by atoms with Crippen LogP contribution in [-0.2, 0) is 11.3 Å². The van der Waals surface area contributed by atoms with Crippen LogP contribution < -0.4 is 15.4 Å². The third-order valence-corrected chi connectivity index (χ3v) is 3.85. The zero-order chi connectivity index (χ0) is 15.8. The lowest BCUT2D eigenvalue weighted by molar-refractivity contribution is -0.123. The highest BCUT2D eigenvalue weighted by Crippen LogP contribution is 2.13. The van der Waals surface area contributed by atoms with Crippen LogP contribution in [0.25, 0.3) is 0 Å². The number of hydrogen-bond acceptors (Lipinski definition) is 4. The van der Waals surface area contributed by atoms with Crippen LogP contribution in [0.4, 0.5) is 0 Å². The Morgan fingerprint density at radius 1 is 1.50 bits per heavy atom. The summed E-state index contributed by atoms with van der Waals surface area (Å²) in [5.41, 5.74) is 1.07. The molecule has 1 aliphatic rings. The van der Waals surface area contributed by atoms with Gasteiger partial charge < -0.3 is 15.4 Å². The van der Waals surface area contributed by atoms with Gasteiger partial charge in [-0.25, -0.2) is 0 Å². The quantitative estimate of drug-likeness (QED) is 0.799. The molecule has 0 saturated carbocycles. The maximum atomic E-state index is 12.1. The Kier molecular flexibility index (Phi) is 6.68. The summed E-state index contributed by atoms with van der Waals surface area (Å²) in [6, 6.07) is 8.31. The Morgan fingerprint density at radius 2 is 2.36 bits per heavy atom. The first-order valence-electron chi connectivity index (χ1n) is 8.12. The topological polar surface area (TPSA) is 53.6 Å². The van der Waals surface area contributed by atoms with E-state index >= 15 is 0 Å². The van der Waals surface area contributed by atoms with Gasteiger partial charge in [0, 0.05) is 32.2 Å². The van der Waals surface area contributed by atoms with Crippen LogP contribution in [0.15, 0.2) is 24.3 Å². The monoisotopic (exact) mass is 305 g/mol. The average molecular weight is 305 g/mol. The van der Waals surface area contributed by atoms with Gasteiger partial charge in [0.25, 0.3) is 0 Å². The first kappa shape index (κ1) is 16.8. The van der Waals surface area contributed by atoms with Crippen molar-refractivity contribution in [1.82, 2.24) is 15.5 Å². The number of nitrogens with one attached hydrogen (secondary N) is 2. The van der Waals surface area contributed by atoms with Crippen molar-refractivity contribution in [2.75, 3.05) is 32.8 Å². The number of nitrogens with zero attached hydrogens (tertiary/aromatic N) is 1. The van der Waals surface area contributed by atoms with E-state index in [4.69, 9.17) is 4.74 Å². The van der Waals surface area contributed by atoms with Crippen LogP contribution in [0.1, 0.15) is 25.8 Å². The van der Waals surface area contributed by atoms with Crippen LogP contribution in [-0.4, -0.2) is 49.6 Å². The summed E-state index contributed by atoms with van der Waals surface area (Å²) in [5, 5.41) is 6.32. The molecule has 0 spiro atoms. The second-order valence-corrected chi connectivity index (χ2v) is 5.80. The third kappa shape index (κ3) is 5.31. The fourth-order valence-corrected chi connectivity index (χ4v) is 2.52. The van der Waals surface area contributed by atoms with Gasteiger partial charge >= 0.3 is 0 Å². The summed E-state index contributed by atoms with van der Waals surface area (Å²) in [4.78, 5) is 14.3. The molecule has 1 aromatic carbocycles. The summed E-state index contributed by atoms with van der Waals surface area (Å²) in [5.74, 6) is 0.943. The minimum Gasteiger partial charge on any atom is -0.494 e. The van der Waals surface area contributed by atoms with Crippen molar-refractivity contribution >= 4 is 5.91 Å². The summed E-state index contributed by atoms with van der Waals surface area (Å²) in [6.45, 7) is 8.79. The van der Waals surface area contributed by atoms with Gasteiger partial charge in [-0.05, 0) is 31.0 Å². The maximum absolute atomic E-state index is 12.1. The standard InChI is InChI=1S/C17H27N3O2/c1-3-9-22-16-6-4-5-15(10-16)12-19-17(21)13-20-8-7-18-11-14(20)2/h4-6,10,14,18H,3,7-9,11-13H2,1-2H3,(H,19,21)/t14-/m0/s1. The molecule has 1 saturated heterocycles. The van der Waals surface area contributed by atoms with Crippen molar-refractivity contribution in [2.45, 2.75) is 32.9 Å². The van der Waals surface area contributed by atoms with E-state index in [-0.39, 0.29) is 5.91 Å². The van der Waals surface area contributed by atoms with Gasteiger partial charge in [0.05, 0.1) is 13.2 Å². The first-order chi connectivity index (χ1) is 10.7. The van der Waals surface area contributed by atoms with Crippen molar-refractivity contribution < 1.29 is 9.53 Å². The number of hydrogen-bond donors (Lipinski definition) is 2. The summed E-state index contributed by atoms with van der Waals surface area (Å²) < 4.78 is 5.61.